The third-order valence-corrected chi connectivity index (χ3v) is 7.13. The Morgan fingerprint density at radius 2 is 1.54 bits per heavy atom. The molecule has 0 aliphatic heterocycles. The summed E-state index contributed by atoms with van der Waals surface area (Å²) in [5, 5.41) is 5.26. The number of rotatable bonds is 9. The van der Waals surface area contributed by atoms with Crippen LogP contribution in [0.5, 0.6) is 5.75 Å². The molecule has 2 N–H and O–H groups in total. The Balaban J connectivity index is 1.94. The topological polar surface area (TPSA) is 131 Å². The number of benzene rings is 3. The van der Waals surface area contributed by atoms with E-state index < -0.39 is 28.4 Å². The molecule has 0 saturated heterocycles. The minimum absolute atomic E-state index is 0.0749. The van der Waals surface area contributed by atoms with E-state index in [-0.39, 0.29) is 22.1 Å². The van der Waals surface area contributed by atoms with Gasteiger partial charge in [-0.1, -0.05) is 6.07 Å². The van der Waals surface area contributed by atoms with E-state index >= 15 is 0 Å². The Morgan fingerprint density at radius 3 is 2.11 bits per heavy atom. The molecule has 10 nitrogen and oxygen atoms in total. The monoisotopic (exact) mass is 525 g/mol. The molecular weight excluding hydrogens is 498 g/mol. The van der Waals surface area contributed by atoms with Crippen LogP contribution in [0.3, 0.4) is 0 Å². The predicted octanol–water partition coefficient (Wildman–Crippen LogP) is 3.58. The zero-order chi connectivity index (χ0) is 27.2. The van der Waals surface area contributed by atoms with Crippen LogP contribution >= 0.6 is 0 Å². The van der Waals surface area contributed by atoms with Gasteiger partial charge in [0.25, 0.3) is 10.0 Å². The number of carbonyl (C=O) groups excluding carboxylic acids is 3. The Kier molecular flexibility index (Phi) is 8.51. The van der Waals surface area contributed by atoms with Crippen molar-refractivity contribution in [3.63, 3.8) is 0 Å². The molecule has 0 spiro atoms. The fraction of sp³-hybridized carbons (Fsp3) is 0.192. The van der Waals surface area contributed by atoms with Crippen molar-refractivity contribution in [2.45, 2.75) is 18.7 Å². The third kappa shape index (κ3) is 6.64. The second-order valence-corrected chi connectivity index (χ2v) is 9.85. The summed E-state index contributed by atoms with van der Waals surface area (Å²) >= 11 is 0. The van der Waals surface area contributed by atoms with Crippen molar-refractivity contribution in [1.82, 2.24) is 0 Å². The van der Waals surface area contributed by atoms with Crippen molar-refractivity contribution in [2.75, 3.05) is 35.7 Å². The summed E-state index contributed by atoms with van der Waals surface area (Å²) in [6, 6.07) is 16.5. The number of anilines is 3. The summed E-state index contributed by atoms with van der Waals surface area (Å²) < 4.78 is 38.1. The number of ether oxygens (including phenoxy) is 2. The quantitative estimate of drug-likeness (QED) is 0.408. The van der Waals surface area contributed by atoms with E-state index in [1.807, 2.05) is 0 Å². The second-order valence-electron chi connectivity index (χ2n) is 7.98. The minimum atomic E-state index is -4.20. The van der Waals surface area contributed by atoms with Crippen molar-refractivity contribution < 1.29 is 32.3 Å². The number of hydrogen-bond donors (Lipinski definition) is 2. The number of methoxy groups -OCH3 is 2. The number of hydrogen-bond acceptors (Lipinski definition) is 7. The first kappa shape index (κ1) is 27.2. The van der Waals surface area contributed by atoms with E-state index in [4.69, 9.17) is 9.47 Å². The highest BCUT2D eigenvalue weighted by Gasteiger charge is 2.28. The van der Waals surface area contributed by atoms with Crippen LogP contribution in [0.4, 0.5) is 17.1 Å². The highest BCUT2D eigenvalue weighted by molar-refractivity contribution is 7.92. The molecule has 2 amide bonds. The summed E-state index contributed by atoms with van der Waals surface area (Å²) in [6.07, 6.45) is 0. The van der Waals surface area contributed by atoms with Gasteiger partial charge in [-0.2, -0.15) is 0 Å². The van der Waals surface area contributed by atoms with Crippen molar-refractivity contribution in [3.05, 3.63) is 77.9 Å². The van der Waals surface area contributed by atoms with E-state index in [2.05, 4.69) is 10.6 Å². The maximum atomic E-state index is 13.6. The fourth-order valence-electron chi connectivity index (χ4n) is 3.43. The van der Waals surface area contributed by atoms with Crippen molar-refractivity contribution in [3.8, 4) is 5.75 Å². The fourth-order valence-corrected chi connectivity index (χ4v) is 4.85. The van der Waals surface area contributed by atoms with Crippen LogP contribution in [0.25, 0.3) is 0 Å². The third-order valence-electron chi connectivity index (χ3n) is 5.34. The smallest absolute Gasteiger partial charge is 0.337 e. The van der Waals surface area contributed by atoms with Gasteiger partial charge in [0.15, 0.2) is 0 Å². The van der Waals surface area contributed by atoms with E-state index in [0.29, 0.717) is 22.7 Å². The van der Waals surface area contributed by atoms with Gasteiger partial charge in [-0.05, 0) is 73.2 Å². The van der Waals surface area contributed by atoms with Gasteiger partial charge in [-0.25, -0.2) is 13.2 Å². The zero-order valence-electron chi connectivity index (χ0n) is 20.8. The highest BCUT2D eigenvalue weighted by atomic mass is 32.2. The van der Waals surface area contributed by atoms with Gasteiger partial charge in [0, 0.05) is 18.3 Å². The molecule has 0 saturated carbocycles. The Bertz CT molecular complexity index is 1400. The number of aryl methyl sites for hydroxylation is 1. The van der Waals surface area contributed by atoms with E-state index in [9.17, 15) is 22.8 Å². The molecule has 0 radical (unpaired) electrons. The Morgan fingerprint density at radius 1 is 0.892 bits per heavy atom. The van der Waals surface area contributed by atoms with Gasteiger partial charge in [0.05, 0.1) is 30.4 Å². The van der Waals surface area contributed by atoms with Crippen molar-refractivity contribution in [1.29, 1.82) is 0 Å². The van der Waals surface area contributed by atoms with Crippen LogP contribution < -0.4 is 19.7 Å². The van der Waals surface area contributed by atoms with Crippen LogP contribution in [0, 0.1) is 6.92 Å². The molecule has 0 aliphatic carbocycles. The maximum absolute atomic E-state index is 13.6. The molecule has 3 aromatic carbocycles. The largest absolute Gasteiger partial charge is 0.497 e. The number of nitrogens with one attached hydrogen (secondary N) is 2. The molecule has 0 bridgehead atoms. The van der Waals surface area contributed by atoms with Gasteiger partial charge >= 0.3 is 5.97 Å². The van der Waals surface area contributed by atoms with E-state index in [0.717, 1.165) is 4.31 Å². The van der Waals surface area contributed by atoms with Crippen LogP contribution in [-0.2, 0) is 24.3 Å². The van der Waals surface area contributed by atoms with Gasteiger partial charge in [0.2, 0.25) is 11.8 Å². The molecule has 0 heterocycles. The maximum Gasteiger partial charge on any atom is 0.337 e. The second kappa shape index (κ2) is 11.6. The number of nitrogens with zero attached hydrogens (tertiary/aromatic N) is 1. The van der Waals surface area contributed by atoms with E-state index in [1.165, 1.54) is 63.6 Å². The summed E-state index contributed by atoms with van der Waals surface area (Å²) in [6.45, 7) is 2.53. The summed E-state index contributed by atoms with van der Waals surface area (Å²) in [7, 11) is -1.46. The van der Waals surface area contributed by atoms with E-state index in [1.54, 1.807) is 31.2 Å². The molecule has 194 valence electrons. The van der Waals surface area contributed by atoms with Crippen LogP contribution in [0.1, 0.15) is 22.8 Å². The van der Waals surface area contributed by atoms with Crippen molar-refractivity contribution >= 4 is 44.9 Å². The van der Waals surface area contributed by atoms with Crippen LogP contribution in [0.15, 0.2) is 71.6 Å². The normalized spacial score (nSPS) is 10.8. The first-order valence-corrected chi connectivity index (χ1v) is 12.5. The molecular formula is C26H27N3O7S. The lowest BCUT2D eigenvalue weighted by atomic mass is 10.1. The molecule has 37 heavy (non-hydrogen) atoms. The lowest BCUT2D eigenvalue weighted by Crippen LogP contribution is -2.38. The van der Waals surface area contributed by atoms with Crippen molar-refractivity contribution in [2.24, 2.45) is 0 Å². The molecule has 0 aromatic heterocycles. The zero-order valence-corrected chi connectivity index (χ0v) is 21.6. The summed E-state index contributed by atoms with van der Waals surface area (Å²) in [5.41, 5.74) is 1.93. The first-order valence-electron chi connectivity index (χ1n) is 11.1. The SMILES string of the molecule is COC(=O)c1ccc(C)c(NC(=O)CN(c2ccc(OC)cc2)S(=O)(=O)c2ccc(NC(C)=O)cc2)c1. The standard InChI is InChI=1S/C26H27N3O7S/c1-17-5-6-19(26(32)36-4)15-24(17)28-25(31)16-29(21-9-11-22(35-3)12-10-21)37(33,34)23-13-7-20(8-14-23)27-18(2)30/h5-15H,16H2,1-4H3,(H,27,30)(H,28,31). The summed E-state index contributed by atoms with van der Waals surface area (Å²) in [4.78, 5) is 36.2. The number of amides is 2. The molecule has 0 fully saturated rings. The Labute approximate surface area is 215 Å². The highest BCUT2D eigenvalue weighted by Crippen LogP contribution is 2.27. The number of sulfonamides is 1. The molecule has 3 rings (SSSR count). The van der Waals surface area contributed by atoms with Gasteiger partial charge in [-0.15, -0.1) is 0 Å². The molecule has 0 atom stereocenters. The lowest BCUT2D eigenvalue weighted by molar-refractivity contribution is -0.115. The minimum Gasteiger partial charge on any atom is -0.497 e. The number of esters is 1. The van der Waals surface area contributed by atoms with Gasteiger partial charge in [-0.3, -0.25) is 13.9 Å². The first-order chi connectivity index (χ1) is 17.5. The average molecular weight is 526 g/mol. The molecule has 0 unspecified atom stereocenters. The Hall–Kier alpha value is -4.38. The summed E-state index contributed by atoms with van der Waals surface area (Å²) in [5.74, 6) is -0.973. The average Bonchev–Trinajstić information content (AvgIpc) is 2.88. The molecule has 0 aliphatic rings. The lowest BCUT2D eigenvalue weighted by Gasteiger charge is -2.24. The predicted molar refractivity (Wildman–Crippen MR) is 139 cm³/mol. The van der Waals surface area contributed by atoms with Crippen LogP contribution in [0.2, 0.25) is 0 Å². The molecule has 11 heteroatoms. The van der Waals surface area contributed by atoms with Gasteiger partial charge in [0.1, 0.15) is 12.3 Å². The van der Waals surface area contributed by atoms with Crippen LogP contribution in [-0.4, -0.2) is 47.0 Å². The van der Waals surface area contributed by atoms with Gasteiger partial charge < -0.3 is 20.1 Å². The molecule has 3 aromatic rings. The number of carbonyl (C=O) groups is 3.